The van der Waals surface area contributed by atoms with Gasteiger partial charge in [-0.15, -0.1) is 0 Å². The molecule has 2 aromatic carbocycles. The van der Waals surface area contributed by atoms with Gasteiger partial charge in [0.25, 0.3) is 0 Å². The minimum atomic E-state index is -0.236. The number of hydrogen-bond donors (Lipinski definition) is 1. The molecule has 0 unspecified atom stereocenters. The molecule has 0 aromatic heterocycles. The Balaban J connectivity index is 1.88. The Kier molecular flexibility index (Phi) is 9.82. The van der Waals surface area contributed by atoms with Crippen molar-refractivity contribution in [3.05, 3.63) is 65.2 Å². The lowest BCUT2D eigenvalue weighted by molar-refractivity contribution is 0.0396. The number of hydrogen-bond acceptors (Lipinski definition) is 3. The standard InChI is InChI=1S/C30H45NO2/c1-5-7-8-12-18-30(3,4)25-15-16-27(28-22-26(32)17-20-31(28)19-6-2)29(21-25)33-23-24-13-10-9-11-14-24/h9-11,13-16,21,26,28,32H,5-8,12,17-20,22-23H2,1-4H3/t26-,28+/m1/s1. The van der Waals surface area contributed by atoms with E-state index in [1.807, 2.05) is 6.07 Å². The topological polar surface area (TPSA) is 32.7 Å². The molecule has 3 nitrogen and oxygen atoms in total. The van der Waals surface area contributed by atoms with Gasteiger partial charge in [0.1, 0.15) is 12.4 Å². The largest absolute Gasteiger partial charge is 0.489 e. The molecule has 0 bridgehead atoms. The molecule has 1 aliphatic heterocycles. The third kappa shape index (κ3) is 7.32. The van der Waals surface area contributed by atoms with Crippen molar-refractivity contribution in [2.75, 3.05) is 13.1 Å². The molecule has 2 aromatic rings. The van der Waals surface area contributed by atoms with Gasteiger partial charge in [0, 0.05) is 18.2 Å². The zero-order valence-electron chi connectivity index (χ0n) is 21.4. The molecule has 1 heterocycles. The highest BCUT2D eigenvalue weighted by Crippen LogP contribution is 2.40. The zero-order valence-corrected chi connectivity index (χ0v) is 21.4. The summed E-state index contributed by atoms with van der Waals surface area (Å²) >= 11 is 0. The fourth-order valence-corrected chi connectivity index (χ4v) is 5.10. The first-order valence-electron chi connectivity index (χ1n) is 13.2. The third-order valence-electron chi connectivity index (χ3n) is 7.24. The second kappa shape index (κ2) is 12.6. The summed E-state index contributed by atoms with van der Waals surface area (Å²) in [7, 11) is 0. The van der Waals surface area contributed by atoms with Crippen LogP contribution < -0.4 is 4.74 Å². The van der Waals surface area contributed by atoms with Crippen LogP contribution in [0.25, 0.3) is 0 Å². The summed E-state index contributed by atoms with van der Waals surface area (Å²) in [6.07, 6.45) is 8.88. The first kappa shape index (κ1) is 25.8. The summed E-state index contributed by atoms with van der Waals surface area (Å²) in [5.74, 6) is 0.984. The van der Waals surface area contributed by atoms with E-state index in [0.717, 1.165) is 38.1 Å². The molecule has 1 N–H and O–H groups in total. The molecule has 0 saturated carbocycles. The first-order chi connectivity index (χ1) is 15.9. The summed E-state index contributed by atoms with van der Waals surface area (Å²) in [6.45, 7) is 11.8. The highest BCUT2D eigenvalue weighted by molar-refractivity contribution is 5.42. The van der Waals surface area contributed by atoms with Gasteiger partial charge in [0.05, 0.1) is 6.10 Å². The van der Waals surface area contributed by atoms with Crippen LogP contribution in [-0.2, 0) is 12.0 Å². The molecule has 2 atom stereocenters. The quantitative estimate of drug-likeness (QED) is 0.341. The maximum Gasteiger partial charge on any atom is 0.124 e. The van der Waals surface area contributed by atoms with E-state index in [9.17, 15) is 5.11 Å². The Morgan fingerprint density at radius 1 is 1.00 bits per heavy atom. The average molecular weight is 452 g/mol. The van der Waals surface area contributed by atoms with Gasteiger partial charge in [-0.1, -0.05) is 95.8 Å². The van der Waals surface area contributed by atoms with E-state index in [4.69, 9.17) is 4.74 Å². The number of piperidine rings is 1. The number of likely N-dealkylation sites (tertiary alicyclic amines) is 1. The van der Waals surface area contributed by atoms with Crippen molar-refractivity contribution in [2.45, 2.75) is 103 Å². The predicted molar refractivity (Wildman–Crippen MR) is 139 cm³/mol. The lowest BCUT2D eigenvalue weighted by Gasteiger charge is -2.39. The van der Waals surface area contributed by atoms with Gasteiger partial charge >= 0.3 is 0 Å². The van der Waals surface area contributed by atoms with Gasteiger partial charge in [0.2, 0.25) is 0 Å². The maximum atomic E-state index is 10.5. The summed E-state index contributed by atoms with van der Waals surface area (Å²) in [5, 5.41) is 10.5. The Bertz CT molecular complexity index is 832. The number of nitrogens with zero attached hydrogens (tertiary/aromatic N) is 1. The summed E-state index contributed by atoms with van der Waals surface area (Å²) in [4.78, 5) is 2.53. The number of aliphatic hydroxyl groups is 1. The monoisotopic (exact) mass is 451 g/mol. The fourth-order valence-electron chi connectivity index (χ4n) is 5.10. The van der Waals surface area contributed by atoms with E-state index in [1.165, 1.54) is 48.8 Å². The Labute approximate surface area is 202 Å². The molecule has 0 amide bonds. The van der Waals surface area contributed by atoms with Crippen molar-refractivity contribution in [3.63, 3.8) is 0 Å². The number of rotatable bonds is 12. The van der Waals surface area contributed by atoms with Crippen LogP contribution in [0.4, 0.5) is 0 Å². The fraction of sp³-hybridized carbons (Fsp3) is 0.600. The second-order valence-corrected chi connectivity index (χ2v) is 10.5. The lowest BCUT2D eigenvalue weighted by Crippen LogP contribution is -2.39. The molecule has 33 heavy (non-hydrogen) atoms. The van der Waals surface area contributed by atoms with E-state index >= 15 is 0 Å². The van der Waals surface area contributed by atoms with Crippen LogP contribution in [0.2, 0.25) is 0 Å². The van der Waals surface area contributed by atoms with Crippen molar-refractivity contribution in [1.82, 2.24) is 4.90 Å². The van der Waals surface area contributed by atoms with E-state index in [-0.39, 0.29) is 17.6 Å². The van der Waals surface area contributed by atoms with Crippen molar-refractivity contribution in [3.8, 4) is 5.75 Å². The SMILES string of the molecule is CCCCCCC(C)(C)c1ccc([C@@H]2C[C@H](O)CCN2CCC)c(OCc2ccccc2)c1. The minimum Gasteiger partial charge on any atom is -0.489 e. The smallest absolute Gasteiger partial charge is 0.124 e. The summed E-state index contributed by atoms with van der Waals surface area (Å²) < 4.78 is 6.51. The van der Waals surface area contributed by atoms with Crippen LogP contribution in [0.3, 0.4) is 0 Å². The number of ether oxygens (including phenoxy) is 1. The Morgan fingerprint density at radius 3 is 2.52 bits per heavy atom. The van der Waals surface area contributed by atoms with Gasteiger partial charge in [-0.3, -0.25) is 4.90 Å². The highest BCUT2D eigenvalue weighted by atomic mass is 16.5. The zero-order chi connectivity index (χ0) is 23.7. The normalized spacial score (nSPS) is 19.5. The lowest BCUT2D eigenvalue weighted by atomic mass is 9.79. The van der Waals surface area contributed by atoms with Crippen LogP contribution in [-0.4, -0.2) is 29.2 Å². The molecule has 1 aliphatic rings. The van der Waals surface area contributed by atoms with Crippen molar-refractivity contribution in [1.29, 1.82) is 0 Å². The number of benzene rings is 2. The van der Waals surface area contributed by atoms with Crippen molar-refractivity contribution < 1.29 is 9.84 Å². The molecular formula is C30H45NO2. The van der Waals surface area contributed by atoms with Crippen molar-refractivity contribution >= 4 is 0 Å². The van der Waals surface area contributed by atoms with Gasteiger partial charge in [0.15, 0.2) is 0 Å². The van der Waals surface area contributed by atoms with E-state index in [0.29, 0.717) is 6.61 Å². The molecule has 3 heteroatoms. The van der Waals surface area contributed by atoms with E-state index in [2.05, 4.69) is 75.1 Å². The molecule has 0 radical (unpaired) electrons. The molecule has 182 valence electrons. The maximum absolute atomic E-state index is 10.5. The van der Waals surface area contributed by atoms with Gasteiger partial charge in [-0.2, -0.15) is 0 Å². The van der Waals surface area contributed by atoms with Gasteiger partial charge < -0.3 is 9.84 Å². The van der Waals surface area contributed by atoms with Crippen LogP contribution >= 0.6 is 0 Å². The Morgan fingerprint density at radius 2 is 1.79 bits per heavy atom. The van der Waals surface area contributed by atoms with E-state index in [1.54, 1.807) is 0 Å². The molecule has 0 aliphatic carbocycles. The molecule has 1 saturated heterocycles. The predicted octanol–water partition coefficient (Wildman–Crippen LogP) is 7.42. The van der Waals surface area contributed by atoms with Crippen LogP contribution in [0, 0.1) is 0 Å². The first-order valence-corrected chi connectivity index (χ1v) is 13.2. The molecule has 0 spiro atoms. The highest BCUT2D eigenvalue weighted by Gasteiger charge is 2.31. The summed E-state index contributed by atoms with van der Waals surface area (Å²) in [5.41, 5.74) is 3.88. The number of aliphatic hydroxyl groups excluding tert-OH is 1. The minimum absolute atomic E-state index is 0.117. The molecular weight excluding hydrogens is 406 g/mol. The van der Waals surface area contributed by atoms with Gasteiger partial charge in [-0.05, 0) is 54.8 Å². The summed E-state index contributed by atoms with van der Waals surface area (Å²) in [6, 6.07) is 17.5. The van der Waals surface area contributed by atoms with Crippen molar-refractivity contribution in [2.24, 2.45) is 0 Å². The van der Waals surface area contributed by atoms with Crippen LogP contribution in [0.5, 0.6) is 5.75 Å². The molecule has 3 rings (SSSR count). The van der Waals surface area contributed by atoms with Crippen LogP contribution in [0.15, 0.2) is 48.5 Å². The Hall–Kier alpha value is -1.84. The third-order valence-corrected chi connectivity index (χ3v) is 7.24. The molecule has 1 fully saturated rings. The number of unbranched alkanes of at least 4 members (excludes halogenated alkanes) is 3. The average Bonchev–Trinajstić information content (AvgIpc) is 2.82. The van der Waals surface area contributed by atoms with Crippen LogP contribution in [0.1, 0.15) is 102 Å². The van der Waals surface area contributed by atoms with E-state index < -0.39 is 0 Å². The second-order valence-electron chi connectivity index (χ2n) is 10.5. The van der Waals surface area contributed by atoms with Gasteiger partial charge in [-0.25, -0.2) is 0 Å².